The number of benzene rings is 2. The van der Waals surface area contributed by atoms with Gasteiger partial charge in [-0.3, -0.25) is 4.79 Å². The Balaban J connectivity index is 2.39. The molecule has 0 saturated heterocycles. The molecular formula is C17H17IO. The summed E-state index contributed by atoms with van der Waals surface area (Å²) in [5.74, 6) is 0.107. The van der Waals surface area contributed by atoms with E-state index in [2.05, 4.69) is 42.5 Å². The van der Waals surface area contributed by atoms with Gasteiger partial charge in [-0.2, -0.15) is 0 Å². The Labute approximate surface area is 128 Å². The van der Waals surface area contributed by atoms with Crippen LogP contribution in [0.3, 0.4) is 0 Å². The third kappa shape index (κ3) is 3.24. The van der Waals surface area contributed by atoms with E-state index >= 15 is 0 Å². The van der Waals surface area contributed by atoms with Gasteiger partial charge in [0.25, 0.3) is 0 Å². The van der Waals surface area contributed by atoms with Gasteiger partial charge < -0.3 is 0 Å². The highest BCUT2D eigenvalue weighted by Gasteiger charge is 2.11. The number of rotatable bonds is 4. The highest BCUT2D eigenvalue weighted by atomic mass is 127. The Kier molecular flexibility index (Phi) is 4.75. The summed E-state index contributed by atoms with van der Waals surface area (Å²) in [6, 6.07) is 13.8. The minimum absolute atomic E-state index is 0.107. The Bertz CT molecular complexity index is 602. The molecule has 0 N–H and O–H groups in total. The second-order valence-electron chi connectivity index (χ2n) is 4.53. The van der Waals surface area contributed by atoms with Crippen molar-refractivity contribution in [3.05, 3.63) is 68.3 Å². The molecule has 0 unspecified atom stereocenters. The average molecular weight is 364 g/mol. The van der Waals surface area contributed by atoms with Crippen LogP contribution in [0.15, 0.2) is 42.5 Å². The van der Waals surface area contributed by atoms with Crippen molar-refractivity contribution in [1.82, 2.24) is 0 Å². The number of halogens is 1. The normalized spacial score (nSPS) is 10.5. The van der Waals surface area contributed by atoms with E-state index in [1.165, 1.54) is 11.1 Å². The van der Waals surface area contributed by atoms with Crippen LogP contribution >= 0.6 is 22.6 Å². The molecule has 0 spiro atoms. The maximum atomic E-state index is 12.5. The molecule has 2 aromatic carbocycles. The van der Waals surface area contributed by atoms with Crippen molar-refractivity contribution in [2.45, 2.75) is 26.7 Å². The van der Waals surface area contributed by atoms with E-state index in [1.807, 2.05) is 36.4 Å². The van der Waals surface area contributed by atoms with E-state index in [4.69, 9.17) is 0 Å². The Hall–Kier alpha value is -1.16. The molecule has 0 aliphatic heterocycles. The van der Waals surface area contributed by atoms with E-state index in [0.29, 0.717) is 0 Å². The summed E-state index contributed by atoms with van der Waals surface area (Å²) in [5.41, 5.74) is 4.16. The van der Waals surface area contributed by atoms with Crippen LogP contribution in [-0.2, 0) is 12.8 Å². The molecule has 0 heterocycles. The first-order chi connectivity index (χ1) is 9.15. The van der Waals surface area contributed by atoms with Gasteiger partial charge in [-0.1, -0.05) is 38.1 Å². The number of hydrogen-bond acceptors (Lipinski definition) is 1. The lowest BCUT2D eigenvalue weighted by Gasteiger charge is -2.08. The van der Waals surface area contributed by atoms with Crippen LogP contribution < -0.4 is 0 Å². The molecule has 0 aliphatic rings. The highest BCUT2D eigenvalue weighted by molar-refractivity contribution is 14.1. The van der Waals surface area contributed by atoms with Crippen molar-refractivity contribution in [3.8, 4) is 0 Å². The maximum Gasteiger partial charge on any atom is 0.193 e. The van der Waals surface area contributed by atoms with E-state index in [0.717, 1.165) is 27.5 Å². The summed E-state index contributed by atoms with van der Waals surface area (Å²) in [7, 11) is 0. The van der Waals surface area contributed by atoms with Crippen LogP contribution in [0, 0.1) is 3.57 Å². The number of ketones is 1. The van der Waals surface area contributed by atoms with Crippen LogP contribution in [0.25, 0.3) is 0 Å². The molecule has 0 saturated carbocycles. The molecular weight excluding hydrogens is 347 g/mol. The molecule has 2 heteroatoms. The molecule has 1 nitrogen and oxygen atoms in total. The topological polar surface area (TPSA) is 17.1 Å². The van der Waals surface area contributed by atoms with E-state index in [-0.39, 0.29) is 5.78 Å². The molecule has 0 atom stereocenters. The fraction of sp³-hybridized carbons (Fsp3) is 0.235. The summed E-state index contributed by atoms with van der Waals surface area (Å²) >= 11 is 2.23. The van der Waals surface area contributed by atoms with Crippen molar-refractivity contribution < 1.29 is 4.79 Å². The van der Waals surface area contributed by atoms with Crippen molar-refractivity contribution in [1.29, 1.82) is 0 Å². The SMILES string of the molecule is CCc1ccc(C(=O)c2cccc(I)c2)cc1CC. The van der Waals surface area contributed by atoms with Gasteiger partial charge in [-0.15, -0.1) is 0 Å². The summed E-state index contributed by atoms with van der Waals surface area (Å²) in [5, 5.41) is 0. The van der Waals surface area contributed by atoms with Crippen molar-refractivity contribution in [2.24, 2.45) is 0 Å². The first kappa shape index (κ1) is 14.3. The minimum Gasteiger partial charge on any atom is -0.289 e. The van der Waals surface area contributed by atoms with E-state index < -0.39 is 0 Å². The molecule has 0 radical (unpaired) electrons. The third-order valence-corrected chi connectivity index (χ3v) is 3.99. The van der Waals surface area contributed by atoms with Crippen molar-refractivity contribution in [3.63, 3.8) is 0 Å². The number of aryl methyl sites for hydroxylation is 2. The number of carbonyl (C=O) groups is 1. The smallest absolute Gasteiger partial charge is 0.193 e. The quantitative estimate of drug-likeness (QED) is 0.570. The van der Waals surface area contributed by atoms with Crippen LogP contribution in [0.2, 0.25) is 0 Å². The second-order valence-corrected chi connectivity index (χ2v) is 5.78. The lowest BCUT2D eigenvalue weighted by molar-refractivity contribution is 0.103. The third-order valence-electron chi connectivity index (χ3n) is 3.32. The lowest BCUT2D eigenvalue weighted by atomic mass is 9.96. The fourth-order valence-corrected chi connectivity index (χ4v) is 2.78. The molecule has 0 bridgehead atoms. The number of carbonyl (C=O) groups excluding carboxylic acids is 1. The number of hydrogen-bond donors (Lipinski definition) is 0. The van der Waals surface area contributed by atoms with E-state index in [1.54, 1.807) is 0 Å². The summed E-state index contributed by atoms with van der Waals surface area (Å²) < 4.78 is 1.09. The van der Waals surface area contributed by atoms with Crippen LogP contribution in [0.4, 0.5) is 0 Å². The maximum absolute atomic E-state index is 12.5. The molecule has 0 aliphatic carbocycles. The standard InChI is InChI=1S/C17H17IO/c1-3-12-8-9-15(10-13(12)4-2)17(19)14-6-5-7-16(18)11-14/h5-11H,3-4H2,1-2H3. The summed E-state index contributed by atoms with van der Waals surface area (Å²) in [4.78, 5) is 12.5. The molecule has 98 valence electrons. The molecule has 0 amide bonds. The Morgan fingerprint density at radius 2 is 1.63 bits per heavy atom. The van der Waals surface area contributed by atoms with Crippen molar-refractivity contribution in [2.75, 3.05) is 0 Å². The first-order valence-electron chi connectivity index (χ1n) is 6.57. The highest BCUT2D eigenvalue weighted by Crippen LogP contribution is 2.18. The second kappa shape index (κ2) is 6.33. The molecule has 0 fully saturated rings. The Morgan fingerprint density at radius 3 is 2.26 bits per heavy atom. The van der Waals surface area contributed by atoms with Crippen LogP contribution in [0.5, 0.6) is 0 Å². The van der Waals surface area contributed by atoms with E-state index in [9.17, 15) is 4.79 Å². The summed E-state index contributed by atoms with van der Waals surface area (Å²) in [6.07, 6.45) is 1.98. The van der Waals surface area contributed by atoms with Crippen molar-refractivity contribution >= 4 is 28.4 Å². The van der Waals surface area contributed by atoms with Crippen LogP contribution in [0.1, 0.15) is 40.9 Å². The molecule has 2 rings (SSSR count). The zero-order valence-corrected chi connectivity index (χ0v) is 13.4. The predicted molar refractivity (Wildman–Crippen MR) is 87.8 cm³/mol. The largest absolute Gasteiger partial charge is 0.289 e. The zero-order chi connectivity index (χ0) is 13.8. The molecule has 19 heavy (non-hydrogen) atoms. The Morgan fingerprint density at radius 1 is 0.947 bits per heavy atom. The molecule has 2 aromatic rings. The lowest BCUT2D eigenvalue weighted by Crippen LogP contribution is -2.03. The van der Waals surface area contributed by atoms with Gasteiger partial charge in [0.2, 0.25) is 0 Å². The van der Waals surface area contributed by atoms with Gasteiger partial charge >= 0.3 is 0 Å². The van der Waals surface area contributed by atoms with Gasteiger partial charge in [0, 0.05) is 14.7 Å². The van der Waals surface area contributed by atoms with Gasteiger partial charge in [0.05, 0.1) is 0 Å². The zero-order valence-electron chi connectivity index (χ0n) is 11.2. The average Bonchev–Trinajstić information content (AvgIpc) is 2.45. The first-order valence-corrected chi connectivity index (χ1v) is 7.65. The molecule has 0 aromatic heterocycles. The van der Waals surface area contributed by atoms with Gasteiger partial charge in [-0.05, 0) is 64.8 Å². The van der Waals surface area contributed by atoms with Gasteiger partial charge in [0.15, 0.2) is 5.78 Å². The predicted octanol–water partition coefficient (Wildman–Crippen LogP) is 4.65. The van der Waals surface area contributed by atoms with Gasteiger partial charge in [-0.25, -0.2) is 0 Å². The monoisotopic (exact) mass is 364 g/mol. The minimum atomic E-state index is 0.107. The van der Waals surface area contributed by atoms with Gasteiger partial charge in [0.1, 0.15) is 0 Å². The van der Waals surface area contributed by atoms with Crippen LogP contribution in [-0.4, -0.2) is 5.78 Å². The fourth-order valence-electron chi connectivity index (χ4n) is 2.24. The summed E-state index contributed by atoms with van der Waals surface area (Å²) in [6.45, 7) is 4.28.